The zero-order chi connectivity index (χ0) is 23.6. The molecular formula is C20H32N6O5S. The third-order valence-electron chi connectivity index (χ3n) is 4.98. The molecule has 2 unspecified atom stereocenters. The van der Waals surface area contributed by atoms with Gasteiger partial charge in [-0.15, -0.1) is 0 Å². The zero-order valence-electron chi connectivity index (χ0n) is 17.9. The van der Waals surface area contributed by atoms with Gasteiger partial charge in [0.15, 0.2) is 5.96 Å². The second-order valence-corrected chi connectivity index (χ2v) is 9.47. The van der Waals surface area contributed by atoms with Gasteiger partial charge >= 0.3 is 0 Å². The van der Waals surface area contributed by atoms with E-state index in [9.17, 15) is 23.1 Å². The van der Waals surface area contributed by atoms with Crippen LogP contribution in [0.2, 0.25) is 0 Å². The van der Waals surface area contributed by atoms with Gasteiger partial charge in [0.2, 0.25) is 21.8 Å². The average molecular weight is 469 g/mol. The highest BCUT2D eigenvalue weighted by atomic mass is 32.2. The van der Waals surface area contributed by atoms with E-state index < -0.39 is 33.9 Å². The molecular weight excluding hydrogens is 436 g/mol. The molecule has 1 aromatic carbocycles. The predicted molar refractivity (Wildman–Crippen MR) is 121 cm³/mol. The minimum absolute atomic E-state index is 0.0212. The van der Waals surface area contributed by atoms with Crippen molar-refractivity contribution in [3.8, 4) is 0 Å². The van der Waals surface area contributed by atoms with Crippen LogP contribution in [0.1, 0.15) is 31.2 Å². The summed E-state index contributed by atoms with van der Waals surface area (Å²) in [6.45, 7) is 0.269. The van der Waals surface area contributed by atoms with E-state index in [4.69, 9.17) is 11.5 Å². The number of piperidine rings is 1. The Morgan fingerprint density at radius 1 is 1.28 bits per heavy atom. The number of amides is 2. The SMILES string of the molecule is NC(N)=NCCCC(CO)NC(=O)CN1CCCC(NS(=O)(=O)Cc2ccccc2)C1=O. The summed E-state index contributed by atoms with van der Waals surface area (Å²) in [5.41, 5.74) is 11.1. The number of carbonyl (C=O) groups excluding carboxylic acids is 2. The summed E-state index contributed by atoms with van der Waals surface area (Å²) in [6.07, 6.45) is 1.97. The van der Waals surface area contributed by atoms with E-state index in [1.165, 1.54) is 4.90 Å². The van der Waals surface area contributed by atoms with Gasteiger partial charge in [0.05, 0.1) is 24.9 Å². The van der Waals surface area contributed by atoms with E-state index >= 15 is 0 Å². The number of aliphatic hydroxyl groups is 1. The van der Waals surface area contributed by atoms with Gasteiger partial charge in [-0.3, -0.25) is 14.6 Å². The van der Waals surface area contributed by atoms with Gasteiger partial charge in [0.25, 0.3) is 0 Å². The fraction of sp³-hybridized carbons (Fsp3) is 0.550. The molecule has 1 aliphatic heterocycles. The third kappa shape index (κ3) is 8.81. The van der Waals surface area contributed by atoms with E-state index in [1.54, 1.807) is 30.3 Å². The molecule has 2 amide bonds. The van der Waals surface area contributed by atoms with Crippen molar-refractivity contribution in [1.82, 2.24) is 14.9 Å². The van der Waals surface area contributed by atoms with Crippen molar-refractivity contribution >= 4 is 27.8 Å². The van der Waals surface area contributed by atoms with Crippen molar-refractivity contribution in [2.45, 2.75) is 43.5 Å². The van der Waals surface area contributed by atoms with Crippen LogP contribution in [0, 0.1) is 0 Å². The number of aliphatic imine (C=N–C) groups is 1. The van der Waals surface area contributed by atoms with Gasteiger partial charge in [0, 0.05) is 13.1 Å². The van der Waals surface area contributed by atoms with E-state index in [1.807, 2.05) is 0 Å². The highest BCUT2D eigenvalue weighted by Crippen LogP contribution is 2.14. The molecule has 1 fully saturated rings. The van der Waals surface area contributed by atoms with Crippen LogP contribution >= 0.6 is 0 Å². The van der Waals surface area contributed by atoms with Crippen molar-refractivity contribution in [3.05, 3.63) is 35.9 Å². The lowest BCUT2D eigenvalue weighted by Gasteiger charge is -2.32. The molecule has 2 atom stereocenters. The molecule has 11 nitrogen and oxygen atoms in total. The molecule has 1 aliphatic rings. The minimum Gasteiger partial charge on any atom is -0.394 e. The summed E-state index contributed by atoms with van der Waals surface area (Å²) >= 11 is 0. The molecule has 1 saturated heterocycles. The largest absolute Gasteiger partial charge is 0.394 e. The van der Waals surface area contributed by atoms with Crippen molar-refractivity contribution < 1.29 is 23.1 Å². The van der Waals surface area contributed by atoms with Gasteiger partial charge in [0.1, 0.15) is 6.04 Å². The maximum atomic E-state index is 12.8. The van der Waals surface area contributed by atoms with Gasteiger partial charge in [-0.25, -0.2) is 13.1 Å². The maximum absolute atomic E-state index is 12.8. The number of guanidine groups is 1. The number of likely N-dealkylation sites (tertiary alicyclic amines) is 1. The summed E-state index contributed by atoms with van der Waals surface area (Å²) in [4.78, 5) is 30.3. The number of hydrogen-bond donors (Lipinski definition) is 5. The summed E-state index contributed by atoms with van der Waals surface area (Å²) < 4.78 is 27.4. The lowest BCUT2D eigenvalue weighted by molar-refractivity contribution is -0.139. The molecule has 0 bridgehead atoms. The molecule has 1 heterocycles. The van der Waals surface area contributed by atoms with Crippen molar-refractivity contribution in [3.63, 3.8) is 0 Å². The summed E-state index contributed by atoms with van der Waals surface area (Å²) in [5.74, 6) is -1.11. The minimum atomic E-state index is -3.72. The molecule has 0 radical (unpaired) electrons. The van der Waals surface area contributed by atoms with E-state index in [0.717, 1.165) is 0 Å². The summed E-state index contributed by atoms with van der Waals surface area (Å²) in [5, 5.41) is 12.2. The maximum Gasteiger partial charge on any atom is 0.241 e. The quantitative estimate of drug-likeness (QED) is 0.142. The number of hydrogen-bond acceptors (Lipinski definition) is 6. The third-order valence-corrected chi connectivity index (χ3v) is 6.33. The second kappa shape index (κ2) is 12.4. The summed E-state index contributed by atoms with van der Waals surface area (Å²) in [7, 11) is -3.72. The average Bonchev–Trinajstić information content (AvgIpc) is 2.73. The highest BCUT2D eigenvalue weighted by molar-refractivity contribution is 7.88. The van der Waals surface area contributed by atoms with Gasteiger partial charge in [-0.2, -0.15) is 0 Å². The Balaban J connectivity index is 1.86. The number of benzene rings is 1. The predicted octanol–water partition coefficient (Wildman–Crippen LogP) is -1.37. The van der Waals surface area contributed by atoms with E-state index in [-0.39, 0.29) is 24.9 Å². The molecule has 12 heteroatoms. The first-order valence-corrected chi connectivity index (χ1v) is 12.1. The molecule has 2 rings (SSSR count). The fourth-order valence-electron chi connectivity index (χ4n) is 3.46. The van der Waals surface area contributed by atoms with Crippen molar-refractivity contribution in [2.75, 3.05) is 26.2 Å². The molecule has 32 heavy (non-hydrogen) atoms. The van der Waals surface area contributed by atoms with Crippen LogP contribution in [0.3, 0.4) is 0 Å². The lowest BCUT2D eigenvalue weighted by atomic mass is 10.1. The highest BCUT2D eigenvalue weighted by Gasteiger charge is 2.33. The first kappa shape index (κ1) is 25.6. The number of aliphatic hydroxyl groups excluding tert-OH is 1. The molecule has 0 saturated carbocycles. The lowest BCUT2D eigenvalue weighted by Crippen LogP contribution is -2.55. The smallest absolute Gasteiger partial charge is 0.241 e. The van der Waals surface area contributed by atoms with Crippen LogP contribution in [-0.2, 0) is 25.4 Å². The Hall–Kier alpha value is -2.70. The Labute approximate surface area is 188 Å². The molecule has 0 aromatic heterocycles. The Morgan fingerprint density at radius 3 is 2.66 bits per heavy atom. The first-order chi connectivity index (χ1) is 15.2. The zero-order valence-corrected chi connectivity index (χ0v) is 18.8. The first-order valence-electron chi connectivity index (χ1n) is 10.5. The van der Waals surface area contributed by atoms with Crippen LogP contribution in [0.15, 0.2) is 35.3 Å². The normalized spacial score (nSPS) is 17.6. The second-order valence-electron chi connectivity index (χ2n) is 7.71. The van der Waals surface area contributed by atoms with Gasteiger partial charge in [-0.1, -0.05) is 30.3 Å². The Morgan fingerprint density at radius 2 is 2.00 bits per heavy atom. The van der Waals surface area contributed by atoms with Gasteiger partial charge < -0.3 is 26.8 Å². The number of rotatable bonds is 12. The summed E-state index contributed by atoms with van der Waals surface area (Å²) in [6, 6.07) is 7.30. The van der Waals surface area contributed by atoms with Crippen LogP contribution in [0.5, 0.6) is 0 Å². The Kier molecular flexibility index (Phi) is 9.88. The molecule has 0 spiro atoms. The number of nitrogens with zero attached hydrogens (tertiary/aromatic N) is 2. The van der Waals surface area contributed by atoms with Crippen LogP contribution in [0.25, 0.3) is 0 Å². The molecule has 0 aliphatic carbocycles. The number of nitrogens with one attached hydrogen (secondary N) is 2. The topological polar surface area (TPSA) is 180 Å². The van der Waals surface area contributed by atoms with Crippen molar-refractivity contribution in [1.29, 1.82) is 0 Å². The van der Waals surface area contributed by atoms with Crippen LogP contribution < -0.4 is 21.5 Å². The van der Waals surface area contributed by atoms with Crippen LogP contribution in [0.4, 0.5) is 0 Å². The standard InChI is InChI=1S/C20H32N6O5S/c21-20(22)23-10-4-8-16(13-27)24-18(28)12-26-11-5-9-17(19(26)29)25-32(30,31)14-15-6-2-1-3-7-15/h1-3,6-7,16-17,25,27H,4-5,8-14H2,(H,24,28)(H4,21,22,23). The van der Waals surface area contributed by atoms with Crippen LogP contribution in [-0.4, -0.2) is 74.5 Å². The molecule has 7 N–H and O–H groups in total. The number of nitrogens with two attached hydrogens (primary N) is 2. The van der Waals surface area contributed by atoms with Crippen molar-refractivity contribution in [2.24, 2.45) is 16.5 Å². The van der Waals surface area contributed by atoms with Gasteiger partial charge in [-0.05, 0) is 31.2 Å². The number of carbonyl (C=O) groups is 2. The molecule has 178 valence electrons. The van der Waals surface area contributed by atoms with E-state index in [0.29, 0.717) is 44.3 Å². The van der Waals surface area contributed by atoms with E-state index in [2.05, 4.69) is 15.0 Å². The fourth-order valence-corrected chi connectivity index (χ4v) is 4.83. The Bertz CT molecular complexity index is 889. The monoisotopic (exact) mass is 468 g/mol. The number of sulfonamides is 1. The molecule has 1 aromatic rings.